The summed E-state index contributed by atoms with van der Waals surface area (Å²) in [6.45, 7) is 8.62. The second-order valence-corrected chi connectivity index (χ2v) is 8.16. The average Bonchev–Trinajstić information content (AvgIpc) is 3.10. The van der Waals surface area contributed by atoms with Gasteiger partial charge < -0.3 is 9.09 Å². The monoisotopic (exact) mass is 348 g/mol. The molecular weight excluding hydrogens is 320 g/mol. The van der Waals surface area contributed by atoms with Crippen LogP contribution in [0.3, 0.4) is 0 Å². The second-order valence-electron chi connectivity index (χ2n) is 7.22. The minimum atomic E-state index is 0.540. The Balaban J connectivity index is 1.70. The van der Waals surface area contributed by atoms with Gasteiger partial charge in [-0.25, -0.2) is 4.98 Å². The molecule has 0 bridgehead atoms. The van der Waals surface area contributed by atoms with E-state index in [0.29, 0.717) is 23.6 Å². The van der Waals surface area contributed by atoms with Crippen LogP contribution in [0.25, 0.3) is 0 Å². The lowest BCUT2D eigenvalue weighted by Crippen LogP contribution is -2.15. The van der Waals surface area contributed by atoms with Gasteiger partial charge in [0.15, 0.2) is 11.0 Å². The number of aromatic nitrogens is 4. The van der Waals surface area contributed by atoms with E-state index in [1.54, 1.807) is 11.8 Å². The van der Waals surface area contributed by atoms with Crippen LogP contribution in [0.2, 0.25) is 0 Å². The Morgan fingerprint density at radius 1 is 1.17 bits per heavy atom. The molecule has 0 aromatic carbocycles. The molecule has 2 aromatic heterocycles. The third-order valence-electron chi connectivity index (χ3n) is 4.72. The molecule has 0 radical (unpaired) electrons. The van der Waals surface area contributed by atoms with Gasteiger partial charge in [0, 0.05) is 18.2 Å². The number of thioether (sulfide) groups is 1. The zero-order chi connectivity index (χ0) is 17.1. The van der Waals surface area contributed by atoms with E-state index in [0.717, 1.165) is 23.1 Å². The first-order valence-electron chi connectivity index (χ1n) is 9.04. The highest BCUT2D eigenvalue weighted by Crippen LogP contribution is 2.35. The lowest BCUT2D eigenvalue weighted by molar-refractivity contribution is 0.332. The Hall–Kier alpha value is -1.30. The predicted molar refractivity (Wildman–Crippen MR) is 96.2 cm³/mol. The summed E-state index contributed by atoms with van der Waals surface area (Å²) in [7, 11) is 0. The smallest absolute Gasteiger partial charge is 0.237 e. The van der Waals surface area contributed by atoms with Crippen molar-refractivity contribution in [2.75, 3.05) is 0 Å². The van der Waals surface area contributed by atoms with Crippen LogP contribution >= 0.6 is 11.8 Å². The highest BCUT2D eigenvalue weighted by Gasteiger charge is 2.22. The summed E-state index contributed by atoms with van der Waals surface area (Å²) in [5.74, 6) is 2.74. The van der Waals surface area contributed by atoms with Crippen LogP contribution < -0.4 is 0 Å². The molecule has 1 aliphatic carbocycles. The SMILES string of the molecule is Cc1nc(SCc2nc(CC(C)C)no2)n(C2CCCCC2)c1C. The molecule has 0 aliphatic heterocycles. The second kappa shape index (κ2) is 7.72. The molecule has 0 unspecified atom stereocenters. The van der Waals surface area contributed by atoms with E-state index in [-0.39, 0.29) is 0 Å². The molecule has 0 saturated heterocycles. The zero-order valence-corrected chi connectivity index (χ0v) is 16.0. The van der Waals surface area contributed by atoms with Crippen LogP contribution in [0.15, 0.2) is 9.68 Å². The molecule has 0 amide bonds. The summed E-state index contributed by atoms with van der Waals surface area (Å²) in [6, 6.07) is 0.599. The highest BCUT2D eigenvalue weighted by molar-refractivity contribution is 7.98. The summed E-state index contributed by atoms with van der Waals surface area (Å²) in [5, 5.41) is 5.17. The van der Waals surface area contributed by atoms with Gasteiger partial charge in [0.2, 0.25) is 5.89 Å². The van der Waals surface area contributed by atoms with E-state index in [2.05, 4.69) is 42.4 Å². The Bertz CT molecular complexity index is 671. The summed E-state index contributed by atoms with van der Waals surface area (Å²) in [6.07, 6.45) is 7.42. The molecule has 0 N–H and O–H groups in total. The molecule has 6 heteroatoms. The predicted octanol–water partition coefficient (Wildman–Crippen LogP) is 4.88. The van der Waals surface area contributed by atoms with Crippen LogP contribution in [0.1, 0.15) is 75.1 Å². The molecular formula is C18H28N4OS. The van der Waals surface area contributed by atoms with E-state index >= 15 is 0 Å². The summed E-state index contributed by atoms with van der Waals surface area (Å²) >= 11 is 1.72. The highest BCUT2D eigenvalue weighted by atomic mass is 32.2. The third-order valence-corrected chi connectivity index (χ3v) is 5.66. The lowest BCUT2D eigenvalue weighted by atomic mass is 9.95. The first-order valence-corrected chi connectivity index (χ1v) is 10.0. The molecule has 24 heavy (non-hydrogen) atoms. The van der Waals surface area contributed by atoms with Crippen LogP contribution in [0.5, 0.6) is 0 Å². The van der Waals surface area contributed by atoms with Gasteiger partial charge in [0.05, 0.1) is 11.4 Å². The largest absolute Gasteiger partial charge is 0.338 e. The van der Waals surface area contributed by atoms with Crippen LogP contribution in [-0.2, 0) is 12.2 Å². The molecule has 1 fully saturated rings. The van der Waals surface area contributed by atoms with Crippen LogP contribution in [-0.4, -0.2) is 19.7 Å². The number of rotatable bonds is 6. The van der Waals surface area contributed by atoms with Crippen molar-refractivity contribution in [2.24, 2.45) is 5.92 Å². The van der Waals surface area contributed by atoms with Crippen molar-refractivity contribution in [1.29, 1.82) is 0 Å². The van der Waals surface area contributed by atoms with E-state index in [4.69, 9.17) is 9.51 Å². The molecule has 1 aliphatic rings. The fourth-order valence-corrected chi connectivity index (χ4v) is 4.39. The first-order chi connectivity index (χ1) is 11.5. The molecule has 5 nitrogen and oxygen atoms in total. The van der Waals surface area contributed by atoms with E-state index < -0.39 is 0 Å². The number of aryl methyl sites for hydroxylation is 1. The number of hydrogen-bond acceptors (Lipinski definition) is 5. The molecule has 132 valence electrons. The standard InChI is InChI=1S/C18H28N4OS/c1-12(2)10-16-20-17(23-21-16)11-24-18-19-13(3)14(4)22(18)15-8-6-5-7-9-15/h12,15H,5-11H2,1-4H3. The van der Waals surface area contributed by atoms with Crippen molar-refractivity contribution in [3.63, 3.8) is 0 Å². The molecule has 2 aromatic rings. The Morgan fingerprint density at radius 3 is 2.62 bits per heavy atom. The van der Waals surface area contributed by atoms with Crippen LogP contribution in [0, 0.1) is 19.8 Å². The minimum absolute atomic E-state index is 0.540. The topological polar surface area (TPSA) is 56.7 Å². The van der Waals surface area contributed by atoms with Gasteiger partial charge >= 0.3 is 0 Å². The Labute approximate surface area is 148 Å². The lowest BCUT2D eigenvalue weighted by Gasteiger charge is -2.25. The molecule has 0 atom stereocenters. The number of hydrogen-bond donors (Lipinski definition) is 0. The maximum atomic E-state index is 5.39. The quantitative estimate of drug-likeness (QED) is 0.696. The van der Waals surface area contributed by atoms with Gasteiger partial charge in [-0.3, -0.25) is 0 Å². The summed E-state index contributed by atoms with van der Waals surface area (Å²) in [4.78, 5) is 9.29. The van der Waals surface area contributed by atoms with Crippen molar-refractivity contribution in [3.05, 3.63) is 23.1 Å². The van der Waals surface area contributed by atoms with Gasteiger partial charge in [-0.1, -0.05) is 50.0 Å². The van der Waals surface area contributed by atoms with Crippen molar-refractivity contribution in [1.82, 2.24) is 19.7 Å². The average molecular weight is 349 g/mol. The Morgan fingerprint density at radius 2 is 1.92 bits per heavy atom. The minimum Gasteiger partial charge on any atom is -0.338 e. The fourth-order valence-electron chi connectivity index (χ4n) is 3.39. The van der Waals surface area contributed by atoms with Gasteiger partial charge in [0.1, 0.15) is 0 Å². The summed E-state index contributed by atoms with van der Waals surface area (Å²) in [5.41, 5.74) is 2.43. The van der Waals surface area contributed by atoms with E-state index in [9.17, 15) is 0 Å². The van der Waals surface area contributed by atoms with Crippen molar-refractivity contribution >= 4 is 11.8 Å². The first kappa shape index (κ1) is 17.5. The van der Waals surface area contributed by atoms with Gasteiger partial charge in [-0.05, 0) is 32.6 Å². The molecule has 2 heterocycles. The van der Waals surface area contributed by atoms with Gasteiger partial charge in [-0.15, -0.1) is 0 Å². The Kier molecular flexibility index (Phi) is 5.64. The van der Waals surface area contributed by atoms with E-state index in [1.807, 2.05) is 0 Å². The molecule has 1 saturated carbocycles. The van der Waals surface area contributed by atoms with Crippen molar-refractivity contribution in [3.8, 4) is 0 Å². The normalized spacial score (nSPS) is 16.2. The van der Waals surface area contributed by atoms with Gasteiger partial charge in [-0.2, -0.15) is 4.98 Å². The maximum absolute atomic E-state index is 5.39. The van der Waals surface area contributed by atoms with Crippen molar-refractivity contribution in [2.45, 2.75) is 83.2 Å². The molecule has 3 rings (SSSR count). The van der Waals surface area contributed by atoms with Crippen LogP contribution in [0.4, 0.5) is 0 Å². The van der Waals surface area contributed by atoms with Gasteiger partial charge in [0.25, 0.3) is 0 Å². The van der Waals surface area contributed by atoms with E-state index in [1.165, 1.54) is 37.8 Å². The molecule has 0 spiro atoms. The third kappa shape index (κ3) is 4.02. The number of nitrogens with zero attached hydrogens (tertiary/aromatic N) is 4. The summed E-state index contributed by atoms with van der Waals surface area (Å²) < 4.78 is 7.84. The fraction of sp³-hybridized carbons (Fsp3) is 0.722. The number of imidazole rings is 1. The zero-order valence-electron chi connectivity index (χ0n) is 15.2. The maximum Gasteiger partial charge on any atom is 0.237 e. The van der Waals surface area contributed by atoms with Crippen molar-refractivity contribution < 1.29 is 4.52 Å².